The zero-order valence-corrected chi connectivity index (χ0v) is 14.4. The van der Waals surface area contributed by atoms with Crippen molar-refractivity contribution in [2.24, 2.45) is 0 Å². The quantitative estimate of drug-likeness (QED) is 0.858. The highest BCUT2D eigenvalue weighted by atomic mass is 16.2. The predicted molar refractivity (Wildman–Crippen MR) is 96.4 cm³/mol. The van der Waals surface area contributed by atoms with Crippen LogP contribution in [0.15, 0.2) is 48.5 Å². The molecule has 2 amide bonds. The van der Waals surface area contributed by atoms with E-state index in [4.69, 9.17) is 0 Å². The van der Waals surface area contributed by atoms with Crippen molar-refractivity contribution < 1.29 is 9.59 Å². The number of hydrogen-bond donors (Lipinski definition) is 2. The molecule has 2 aromatic rings. The molecule has 4 nitrogen and oxygen atoms in total. The second-order valence-electron chi connectivity index (χ2n) is 6.11. The SMILES string of the molecule is CC(=O)NCc1ccc(-c2ccc(C[C@@H](C)NC(C)=O)cc2)cc1. The maximum Gasteiger partial charge on any atom is 0.217 e. The van der Waals surface area contributed by atoms with Gasteiger partial charge >= 0.3 is 0 Å². The van der Waals surface area contributed by atoms with Crippen molar-refractivity contribution in [2.75, 3.05) is 0 Å². The van der Waals surface area contributed by atoms with Crippen LogP contribution in [0.25, 0.3) is 11.1 Å². The van der Waals surface area contributed by atoms with Gasteiger partial charge in [-0.05, 0) is 35.6 Å². The number of amides is 2. The van der Waals surface area contributed by atoms with Gasteiger partial charge in [-0.2, -0.15) is 0 Å². The first-order chi connectivity index (χ1) is 11.4. The highest BCUT2D eigenvalue weighted by Gasteiger charge is 2.05. The normalized spacial score (nSPS) is 11.6. The third kappa shape index (κ3) is 5.54. The van der Waals surface area contributed by atoms with E-state index in [1.165, 1.54) is 19.4 Å². The van der Waals surface area contributed by atoms with Gasteiger partial charge in [-0.1, -0.05) is 48.5 Å². The lowest BCUT2D eigenvalue weighted by atomic mass is 10.00. The van der Waals surface area contributed by atoms with E-state index in [0.717, 1.165) is 23.1 Å². The summed E-state index contributed by atoms with van der Waals surface area (Å²) in [5.41, 5.74) is 4.57. The molecule has 0 aliphatic carbocycles. The Hall–Kier alpha value is -2.62. The Bertz CT molecular complexity index is 691. The van der Waals surface area contributed by atoms with E-state index in [0.29, 0.717) is 6.54 Å². The van der Waals surface area contributed by atoms with Gasteiger partial charge in [-0.3, -0.25) is 9.59 Å². The molecule has 0 saturated heterocycles. The molecule has 0 heterocycles. The second-order valence-corrected chi connectivity index (χ2v) is 6.11. The Kier molecular flexibility index (Phi) is 6.13. The third-order valence-corrected chi connectivity index (χ3v) is 3.77. The number of nitrogens with one attached hydrogen (secondary N) is 2. The van der Waals surface area contributed by atoms with Crippen LogP contribution < -0.4 is 10.6 Å². The first kappa shape index (κ1) is 17.7. The first-order valence-electron chi connectivity index (χ1n) is 8.14. The minimum atomic E-state index is -0.0249. The van der Waals surface area contributed by atoms with Gasteiger partial charge in [0.2, 0.25) is 11.8 Å². The number of benzene rings is 2. The number of hydrogen-bond acceptors (Lipinski definition) is 2. The largest absolute Gasteiger partial charge is 0.354 e. The average Bonchev–Trinajstić information content (AvgIpc) is 2.53. The summed E-state index contributed by atoms with van der Waals surface area (Å²) in [6, 6.07) is 16.7. The Labute approximate surface area is 143 Å². The summed E-state index contributed by atoms with van der Waals surface area (Å²) >= 11 is 0. The van der Waals surface area contributed by atoms with Crippen LogP contribution in [0.2, 0.25) is 0 Å². The summed E-state index contributed by atoms with van der Waals surface area (Å²) in [5.74, 6) is -0.0263. The molecule has 0 aromatic heterocycles. The van der Waals surface area contributed by atoms with Gasteiger partial charge in [0.25, 0.3) is 0 Å². The molecule has 0 bridgehead atoms. The van der Waals surface area contributed by atoms with Gasteiger partial charge < -0.3 is 10.6 Å². The van der Waals surface area contributed by atoms with Gasteiger partial charge in [-0.25, -0.2) is 0 Å². The summed E-state index contributed by atoms with van der Waals surface area (Å²) in [7, 11) is 0. The first-order valence-corrected chi connectivity index (χ1v) is 8.14. The molecule has 0 saturated carbocycles. The maximum atomic E-state index is 11.1. The van der Waals surface area contributed by atoms with Crippen molar-refractivity contribution in [3.05, 3.63) is 59.7 Å². The summed E-state index contributed by atoms with van der Waals surface area (Å²) in [6.45, 7) is 5.61. The molecule has 0 aliphatic rings. The van der Waals surface area contributed by atoms with Crippen molar-refractivity contribution >= 4 is 11.8 Å². The molecule has 0 aliphatic heterocycles. The van der Waals surface area contributed by atoms with Gasteiger partial charge in [-0.15, -0.1) is 0 Å². The van der Waals surface area contributed by atoms with Gasteiger partial charge in [0.05, 0.1) is 0 Å². The summed E-state index contributed by atoms with van der Waals surface area (Å²) in [6.07, 6.45) is 0.815. The predicted octanol–water partition coefficient (Wildman–Crippen LogP) is 3.06. The van der Waals surface area contributed by atoms with Crippen LogP contribution in [0.1, 0.15) is 31.9 Å². The molecule has 2 rings (SSSR count). The smallest absolute Gasteiger partial charge is 0.217 e. The van der Waals surface area contributed by atoms with Crippen molar-refractivity contribution in [2.45, 2.75) is 39.8 Å². The molecule has 4 heteroatoms. The Balaban J connectivity index is 1.99. The van der Waals surface area contributed by atoms with Gasteiger partial charge in [0.15, 0.2) is 0 Å². The molecule has 2 aromatic carbocycles. The zero-order valence-electron chi connectivity index (χ0n) is 14.4. The third-order valence-electron chi connectivity index (χ3n) is 3.77. The van der Waals surface area contributed by atoms with Crippen LogP contribution in [0.5, 0.6) is 0 Å². The number of carbonyl (C=O) groups excluding carboxylic acids is 2. The van der Waals surface area contributed by atoms with Crippen LogP contribution in [0.3, 0.4) is 0 Å². The molecule has 0 unspecified atom stereocenters. The summed E-state index contributed by atoms with van der Waals surface area (Å²) < 4.78 is 0. The second kappa shape index (κ2) is 8.29. The van der Waals surface area contributed by atoms with E-state index < -0.39 is 0 Å². The van der Waals surface area contributed by atoms with E-state index in [2.05, 4.69) is 47.0 Å². The van der Waals surface area contributed by atoms with E-state index in [-0.39, 0.29) is 17.9 Å². The van der Waals surface area contributed by atoms with Crippen LogP contribution in [0, 0.1) is 0 Å². The lowest BCUT2D eigenvalue weighted by Gasteiger charge is -2.13. The fourth-order valence-electron chi connectivity index (χ4n) is 2.63. The van der Waals surface area contributed by atoms with Crippen LogP contribution >= 0.6 is 0 Å². The van der Waals surface area contributed by atoms with E-state index in [1.54, 1.807) is 0 Å². The number of rotatable bonds is 6. The molecule has 0 radical (unpaired) electrons. The van der Waals surface area contributed by atoms with Crippen molar-refractivity contribution in [1.29, 1.82) is 0 Å². The highest BCUT2D eigenvalue weighted by molar-refractivity contribution is 5.73. The minimum Gasteiger partial charge on any atom is -0.354 e. The van der Waals surface area contributed by atoms with E-state index in [9.17, 15) is 9.59 Å². The summed E-state index contributed by atoms with van der Waals surface area (Å²) in [5, 5.41) is 5.69. The topological polar surface area (TPSA) is 58.2 Å². The standard InChI is InChI=1S/C20H24N2O2/c1-14(22-16(3)24)12-17-4-8-19(9-5-17)20-10-6-18(7-11-20)13-21-15(2)23/h4-11,14H,12-13H2,1-3H3,(H,21,23)(H,22,24)/t14-/m1/s1. The fourth-order valence-corrected chi connectivity index (χ4v) is 2.63. The van der Waals surface area contributed by atoms with E-state index >= 15 is 0 Å². The molecule has 1 atom stereocenters. The average molecular weight is 324 g/mol. The molecular formula is C20H24N2O2. The number of carbonyl (C=O) groups is 2. The molecular weight excluding hydrogens is 300 g/mol. The van der Waals surface area contributed by atoms with Gasteiger partial charge in [0.1, 0.15) is 0 Å². The highest BCUT2D eigenvalue weighted by Crippen LogP contribution is 2.21. The molecule has 0 fully saturated rings. The lowest BCUT2D eigenvalue weighted by Crippen LogP contribution is -2.31. The zero-order chi connectivity index (χ0) is 17.5. The van der Waals surface area contributed by atoms with Crippen LogP contribution in [0.4, 0.5) is 0 Å². The monoisotopic (exact) mass is 324 g/mol. The van der Waals surface area contributed by atoms with E-state index in [1.807, 2.05) is 19.1 Å². The summed E-state index contributed by atoms with van der Waals surface area (Å²) in [4.78, 5) is 22.0. The van der Waals surface area contributed by atoms with Crippen LogP contribution in [-0.4, -0.2) is 17.9 Å². The lowest BCUT2D eigenvalue weighted by molar-refractivity contribution is -0.120. The Morgan fingerprint density at radius 2 is 1.33 bits per heavy atom. The molecule has 2 N–H and O–H groups in total. The van der Waals surface area contributed by atoms with Crippen molar-refractivity contribution in [1.82, 2.24) is 10.6 Å². The molecule has 0 spiro atoms. The van der Waals surface area contributed by atoms with Crippen molar-refractivity contribution in [3.8, 4) is 11.1 Å². The Morgan fingerprint density at radius 1 is 0.833 bits per heavy atom. The van der Waals surface area contributed by atoms with Gasteiger partial charge in [0, 0.05) is 26.4 Å². The molecule has 126 valence electrons. The maximum absolute atomic E-state index is 11.1. The minimum absolute atomic E-state index is 0.00141. The van der Waals surface area contributed by atoms with Crippen LogP contribution in [-0.2, 0) is 22.6 Å². The fraction of sp³-hybridized carbons (Fsp3) is 0.300. The van der Waals surface area contributed by atoms with Crippen molar-refractivity contribution in [3.63, 3.8) is 0 Å². The molecule has 24 heavy (non-hydrogen) atoms. The Morgan fingerprint density at radius 3 is 1.79 bits per heavy atom.